The van der Waals surface area contributed by atoms with Crippen molar-refractivity contribution in [2.75, 3.05) is 5.73 Å². The van der Waals surface area contributed by atoms with Crippen molar-refractivity contribution in [2.45, 2.75) is 44.1 Å². The topological polar surface area (TPSA) is 81.1 Å². The Kier molecular flexibility index (Phi) is 2.10. The van der Waals surface area contributed by atoms with E-state index in [9.17, 15) is 9.90 Å². The van der Waals surface area contributed by atoms with Crippen LogP contribution in [-0.2, 0) is 5.54 Å². The molecular formula is C14H19N3O2. The molecule has 0 aromatic carbocycles. The number of carboxylic acids is 1. The molecule has 0 unspecified atom stereocenters. The van der Waals surface area contributed by atoms with Gasteiger partial charge in [0.2, 0.25) is 0 Å². The monoisotopic (exact) mass is 261 g/mol. The van der Waals surface area contributed by atoms with Crippen molar-refractivity contribution >= 4 is 11.7 Å². The first-order valence-corrected chi connectivity index (χ1v) is 7.15. The zero-order valence-electron chi connectivity index (χ0n) is 10.9. The molecule has 3 N–H and O–H groups in total. The molecule has 1 aromatic heterocycles. The Bertz CT molecular complexity index is 514. The van der Waals surface area contributed by atoms with E-state index in [0.29, 0.717) is 5.69 Å². The van der Waals surface area contributed by atoms with Crippen LogP contribution < -0.4 is 5.73 Å². The largest absolute Gasteiger partial charge is 0.476 e. The van der Waals surface area contributed by atoms with E-state index < -0.39 is 5.97 Å². The first-order chi connectivity index (χ1) is 9.07. The lowest BCUT2D eigenvalue weighted by Gasteiger charge is -2.56. The highest BCUT2D eigenvalue weighted by Gasteiger charge is 2.53. The quantitative estimate of drug-likeness (QED) is 0.854. The molecule has 5 nitrogen and oxygen atoms in total. The minimum atomic E-state index is -0.953. The maximum Gasteiger partial charge on any atom is 0.356 e. The van der Waals surface area contributed by atoms with Gasteiger partial charge < -0.3 is 10.8 Å². The van der Waals surface area contributed by atoms with E-state index in [0.717, 1.165) is 37.0 Å². The van der Waals surface area contributed by atoms with Crippen molar-refractivity contribution in [2.24, 2.45) is 17.8 Å². The van der Waals surface area contributed by atoms with Gasteiger partial charge in [-0.05, 0) is 56.3 Å². The molecule has 0 amide bonds. The molecule has 19 heavy (non-hydrogen) atoms. The van der Waals surface area contributed by atoms with Crippen LogP contribution in [0.5, 0.6) is 0 Å². The number of aromatic carboxylic acids is 1. The number of rotatable bonds is 2. The lowest BCUT2D eigenvalue weighted by atomic mass is 9.53. The van der Waals surface area contributed by atoms with E-state index in [4.69, 9.17) is 5.73 Å². The van der Waals surface area contributed by atoms with E-state index in [1.54, 1.807) is 4.68 Å². The number of carboxylic acid groups (broad SMARTS) is 1. The molecule has 5 rings (SSSR count). The van der Waals surface area contributed by atoms with E-state index in [1.807, 2.05) is 0 Å². The highest BCUT2D eigenvalue weighted by Crippen LogP contribution is 2.59. The van der Waals surface area contributed by atoms with Crippen molar-refractivity contribution in [3.63, 3.8) is 0 Å². The van der Waals surface area contributed by atoms with Gasteiger partial charge in [0.1, 0.15) is 0 Å². The third kappa shape index (κ3) is 1.47. The first kappa shape index (κ1) is 11.3. The summed E-state index contributed by atoms with van der Waals surface area (Å²) in [5.74, 6) is 1.33. The number of hydrogen-bond acceptors (Lipinski definition) is 3. The van der Waals surface area contributed by atoms with E-state index in [1.165, 1.54) is 25.5 Å². The smallest absolute Gasteiger partial charge is 0.356 e. The second-order valence-electron chi connectivity index (χ2n) is 6.81. The second kappa shape index (κ2) is 3.52. The van der Waals surface area contributed by atoms with Gasteiger partial charge >= 0.3 is 5.97 Å². The third-order valence-corrected chi connectivity index (χ3v) is 5.46. The van der Waals surface area contributed by atoms with Gasteiger partial charge in [-0.3, -0.25) is 4.68 Å². The van der Waals surface area contributed by atoms with Crippen LogP contribution in [0.4, 0.5) is 5.69 Å². The molecule has 4 saturated carbocycles. The maximum atomic E-state index is 11.5. The van der Waals surface area contributed by atoms with Gasteiger partial charge in [0.15, 0.2) is 5.69 Å². The van der Waals surface area contributed by atoms with Gasteiger partial charge in [0.25, 0.3) is 0 Å². The standard InChI is InChI=1S/C14H19N3O2/c15-11-7-16-17(12(11)13(18)19)14-4-8-1-9(5-14)3-10(2-8)6-14/h7-10H,1-6,15H2,(H,18,19). The summed E-state index contributed by atoms with van der Waals surface area (Å²) in [7, 11) is 0. The van der Waals surface area contributed by atoms with Gasteiger partial charge in [0, 0.05) is 0 Å². The highest BCUT2D eigenvalue weighted by atomic mass is 16.4. The summed E-state index contributed by atoms with van der Waals surface area (Å²) in [5, 5.41) is 13.7. The number of nitrogens with zero attached hydrogens (tertiary/aromatic N) is 2. The van der Waals surface area contributed by atoms with Crippen LogP contribution in [0, 0.1) is 17.8 Å². The normalized spacial score (nSPS) is 39.7. The lowest BCUT2D eigenvalue weighted by molar-refractivity contribution is -0.0507. The van der Waals surface area contributed by atoms with Crippen LogP contribution in [0.2, 0.25) is 0 Å². The van der Waals surface area contributed by atoms with Gasteiger partial charge in [0.05, 0.1) is 17.4 Å². The number of nitrogens with two attached hydrogens (primary N) is 1. The van der Waals surface area contributed by atoms with Gasteiger partial charge in [-0.1, -0.05) is 0 Å². The predicted octanol–water partition coefficient (Wildman–Crippen LogP) is 2.09. The number of carbonyl (C=O) groups is 1. The Balaban J connectivity index is 1.82. The summed E-state index contributed by atoms with van der Waals surface area (Å²) in [6.07, 6.45) is 8.75. The Morgan fingerprint density at radius 3 is 2.26 bits per heavy atom. The SMILES string of the molecule is Nc1cnn(C23CC4CC(CC(C4)C2)C3)c1C(=O)O. The fraction of sp³-hybridized carbons (Fsp3) is 0.714. The Labute approximate surface area is 111 Å². The average Bonchev–Trinajstić information content (AvgIpc) is 2.70. The molecule has 4 aliphatic carbocycles. The van der Waals surface area contributed by atoms with Gasteiger partial charge in [-0.15, -0.1) is 0 Å². The predicted molar refractivity (Wildman–Crippen MR) is 69.7 cm³/mol. The minimum Gasteiger partial charge on any atom is -0.476 e. The van der Waals surface area contributed by atoms with Crippen LogP contribution >= 0.6 is 0 Å². The highest BCUT2D eigenvalue weighted by molar-refractivity contribution is 5.91. The first-order valence-electron chi connectivity index (χ1n) is 7.15. The van der Waals surface area contributed by atoms with E-state index >= 15 is 0 Å². The number of hydrogen-bond donors (Lipinski definition) is 2. The zero-order valence-corrected chi connectivity index (χ0v) is 10.9. The molecule has 4 bridgehead atoms. The second-order valence-corrected chi connectivity index (χ2v) is 6.81. The van der Waals surface area contributed by atoms with Gasteiger partial charge in [-0.25, -0.2) is 4.79 Å². The van der Waals surface area contributed by atoms with Gasteiger partial charge in [-0.2, -0.15) is 5.10 Å². The molecule has 0 spiro atoms. The number of anilines is 1. The molecule has 5 heteroatoms. The van der Waals surface area contributed by atoms with Crippen molar-refractivity contribution in [1.29, 1.82) is 0 Å². The lowest BCUT2D eigenvalue weighted by Crippen LogP contribution is -2.52. The molecule has 1 aromatic rings. The Hall–Kier alpha value is -1.52. The summed E-state index contributed by atoms with van der Waals surface area (Å²) in [6, 6.07) is 0. The Morgan fingerprint density at radius 1 is 1.26 bits per heavy atom. The summed E-state index contributed by atoms with van der Waals surface area (Å²) < 4.78 is 1.76. The molecule has 0 radical (unpaired) electrons. The van der Waals surface area contributed by atoms with Crippen molar-refractivity contribution in [3.05, 3.63) is 11.9 Å². The maximum absolute atomic E-state index is 11.5. The minimum absolute atomic E-state index is 0.0694. The van der Waals surface area contributed by atoms with Crippen LogP contribution in [0.15, 0.2) is 6.20 Å². The fourth-order valence-corrected chi connectivity index (χ4v) is 5.26. The molecule has 0 saturated heterocycles. The van der Waals surface area contributed by atoms with Crippen LogP contribution in [0.25, 0.3) is 0 Å². The van der Waals surface area contributed by atoms with E-state index in [-0.39, 0.29) is 11.2 Å². The summed E-state index contributed by atoms with van der Waals surface area (Å²) >= 11 is 0. The molecule has 4 aliphatic rings. The number of aromatic nitrogens is 2. The third-order valence-electron chi connectivity index (χ3n) is 5.46. The molecule has 0 atom stereocenters. The summed E-state index contributed by atoms with van der Waals surface area (Å²) in [5.41, 5.74) is 6.22. The average molecular weight is 261 g/mol. The molecule has 4 fully saturated rings. The molecule has 102 valence electrons. The van der Waals surface area contributed by atoms with Crippen LogP contribution in [0.3, 0.4) is 0 Å². The summed E-state index contributed by atoms with van der Waals surface area (Å²) in [4.78, 5) is 11.5. The number of nitrogen functional groups attached to an aromatic ring is 1. The molecule has 0 aliphatic heterocycles. The van der Waals surface area contributed by atoms with Crippen molar-refractivity contribution < 1.29 is 9.90 Å². The fourth-order valence-electron chi connectivity index (χ4n) is 5.26. The zero-order chi connectivity index (χ0) is 13.2. The van der Waals surface area contributed by atoms with Crippen LogP contribution in [-0.4, -0.2) is 20.9 Å². The molecular weight excluding hydrogens is 242 g/mol. The van der Waals surface area contributed by atoms with E-state index in [2.05, 4.69) is 5.10 Å². The van der Waals surface area contributed by atoms with Crippen molar-refractivity contribution in [1.82, 2.24) is 9.78 Å². The van der Waals surface area contributed by atoms with Crippen LogP contribution in [0.1, 0.15) is 49.0 Å². The van der Waals surface area contributed by atoms with Crippen molar-refractivity contribution in [3.8, 4) is 0 Å². The Morgan fingerprint density at radius 2 is 1.79 bits per heavy atom. The summed E-state index contributed by atoms with van der Waals surface area (Å²) in [6.45, 7) is 0. The molecule has 1 heterocycles.